The van der Waals surface area contributed by atoms with Crippen LogP contribution in [0.3, 0.4) is 0 Å². The van der Waals surface area contributed by atoms with Crippen LogP contribution in [0.15, 0.2) is 176 Å². The maximum atomic E-state index is 14.0. The summed E-state index contributed by atoms with van der Waals surface area (Å²) in [5, 5.41) is 1.51. The Morgan fingerprint density at radius 3 is 2.02 bits per heavy atom. The Morgan fingerprint density at radius 1 is 0.780 bits per heavy atom. The minimum atomic E-state index is 0.0694. The average molecular weight is 673 g/mol. The third-order valence-electron chi connectivity index (χ3n) is 8.97. The second kappa shape index (κ2) is 16.3. The Kier molecular flexibility index (Phi) is 11.2. The highest BCUT2D eigenvalue weighted by atomic mass is 32.1. The summed E-state index contributed by atoms with van der Waals surface area (Å²) in [4.78, 5) is 18.5. The number of allylic oxidation sites excluding steroid dienone is 7. The number of rotatable bonds is 12. The molecular formula is C46H44N2OS. The minimum Gasteiger partial charge on any atom is -0.344 e. The van der Waals surface area contributed by atoms with Crippen LogP contribution in [-0.2, 0) is 0 Å². The summed E-state index contributed by atoms with van der Waals surface area (Å²) in [7, 11) is 0. The fourth-order valence-electron chi connectivity index (χ4n) is 6.34. The molecule has 0 aliphatic carbocycles. The van der Waals surface area contributed by atoms with E-state index in [4.69, 9.17) is 0 Å². The highest BCUT2D eigenvalue weighted by Gasteiger charge is 2.12. The van der Waals surface area contributed by atoms with Crippen molar-refractivity contribution in [2.24, 2.45) is 0 Å². The molecule has 0 fully saturated rings. The molecule has 6 rings (SSSR count). The van der Waals surface area contributed by atoms with Crippen molar-refractivity contribution in [3.05, 3.63) is 181 Å². The van der Waals surface area contributed by atoms with E-state index < -0.39 is 0 Å². The maximum Gasteiger partial charge on any atom is 0.195 e. The smallest absolute Gasteiger partial charge is 0.195 e. The van der Waals surface area contributed by atoms with Crippen LogP contribution in [0.1, 0.15) is 32.6 Å². The Bertz CT molecular complexity index is 2200. The summed E-state index contributed by atoms with van der Waals surface area (Å²) in [5.41, 5.74) is 9.15. The van der Waals surface area contributed by atoms with Crippen LogP contribution >= 0.6 is 11.3 Å². The second-order valence-electron chi connectivity index (χ2n) is 12.7. The topological polar surface area (TPSA) is 23.6 Å². The predicted octanol–water partition coefficient (Wildman–Crippen LogP) is 12.4. The largest absolute Gasteiger partial charge is 0.344 e. The lowest BCUT2D eigenvalue weighted by molar-refractivity contribution is 0.919. The molecule has 0 unspecified atom stereocenters. The van der Waals surface area contributed by atoms with Crippen molar-refractivity contribution in [3.63, 3.8) is 0 Å². The fourth-order valence-corrected chi connectivity index (χ4v) is 7.37. The van der Waals surface area contributed by atoms with Crippen LogP contribution in [0.2, 0.25) is 0 Å². The molecule has 0 radical (unpaired) electrons. The predicted molar refractivity (Wildman–Crippen MR) is 220 cm³/mol. The molecule has 0 N–H and O–H groups in total. The third kappa shape index (κ3) is 8.05. The van der Waals surface area contributed by atoms with E-state index in [-0.39, 0.29) is 5.43 Å². The van der Waals surface area contributed by atoms with Crippen LogP contribution in [-0.4, -0.2) is 13.1 Å². The van der Waals surface area contributed by atoms with Crippen LogP contribution in [0.25, 0.3) is 42.4 Å². The highest BCUT2D eigenvalue weighted by molar-refractivity contribution is 7.24. The van der Waals surface area contributed by atoms with Crippen molar-refractivity contribution in [3.8, 4) is 22.3 Å². The van der Waals surface area contributed by atoms with Gasteiger partial charge in [0, 0.05) is 57.0 Å². The maximum absolute atomic E-state index is 14.0. The van der Waals surface area contributed by atoms with Gasteiger partial charge in [0.05, 0.1) is 0 Å². The lowest BCUT2D eigenvalue weighted by Gasteiger charge is -2.21. The van der Waals surface area contributed by atoms with Crippen LogP contribution in [0, 0.1) is 0 Å². The molecule has 0 bridgehead atoms. The Hall–Kier alpha value is -5.45. The number of nitrogens with zero attached hydrogens (tertiary/aromatic N) is 2. The zero-order chi connectivity index (χ0) is 34.9. The van der Waals surface area contributed by atoms with E-state index >= 15 is 0 Å². The van der Waals surface area contributed by atoms with E-state index in [1.807, 2.05) is 24.3 Å². The van der Waals surface area contributed by atoms with Crippen molar-refractivity contribution in [1.82, 2.24) is 0 Å². The molecular weight excluding hydrogens is 629 g/mol. The van der Waals surface area contributed by atoms with Gasteiger partial charge in [-0.05, 0) is 109 Å². The first kappa shape index (κ1) is 34.4. The molecule has 0 spiro atoms. The third-order valence-corrected chi connectivity index (χ3v) is 10.1. The van der Waals surface area contributed by atoms with Gasteiger partial charge in [0.25, 0.3) is 0 Å². The number of hydrogen-bond acceptors (Lipinski definition) is 4. The molecule has 50 heavy (non-hydrogen) atoms. The lowest BCUT2D eigenvalue weighted by Crippen LogP contribution is -2.16. The zero-order valence-corrected chi connectivity index (χ0v) is 29.7. The molecule has 1 aliphatic heterocycles. The molecule has 3 nitrogen and oxygen atoms in total. The van der Waals surface area contributed by atoms with Crippen molar-refractivity contribution in [1.29, 1.82) is 0 Å². The molecule has 1 aromatic heterocycles. The number of benzene rings is 4. The normalized spacial score (nSPS) is 15.7. The van der Waals surface area contributed by atoms with Crippen LogP contribution < -0.4 is 15.2 Å². The van der Waals surface area contributed by atoms with Gasteiger partial charge < -0.3 is 9.80 Å². The molecule has 5 aromatic rings. The monoisotopic (exact) mass is 672 g/mol. The number of fused-ring (bicyclic) bond motifs is 2. The summed E-state index contributed by atoms with van der Waals surface area (Å²) >= 11 is 1.67. The molecule has 250 valence electrons. The molecule has 0 atom stereocenters. The van der Waals surface area contributed by atoms with E-state index in [9.17, 15) is 4.79 Å². The quantitative estimate of drug-likeness (QED) is 0.0973. The number of hydrogen-bond donors (Lipinski definition) is 0. The van der Waals surface area contributed by atoms with Gasteiger partial charge in [0.2, 0.25) is 0 Å². The van der Waals surface area contributed by atoms with Crippen molar-refractivity contribution in [2.45, 2.75) is 32.6 Å². The lowest BCUT2D eigenvalue weighted by atomic mass is 10.0. The van der Waals surface area contributed by atoms with Gasteiger partial charge in [0.15, 0.2) is 5.43 Å². The van der Waals surface area contributed by atoms with Crippen molar-refractivity contribution < 1.29 is 0 Å². The first-order valence-electron chi connectivity index (χ1n) is 17.2. The Labute approximate surface area is 300 Å². The number of anilines is 2. The summed E-state index contributed by atoms with van der Waals surface area (Å²) in [6, 6.07) is 29.7. The summed E-state index contributed by atoms with van der Waals surface area (Å²) in [6.45, 7) is 15.3. The molecule has 4 aromatic carbocycles. The molecule has 0 amide bonds. The van der Waals surface area contributed by atoms with E-state index in [1.165, 1.54) is 11.1 Å². The average Bonchev–Trinajstić information content (AvgIpc) is 3.26. The second-order valence-corrected chi connectivity index (χ2v) is 13.8. The molecule has 2 heterocycles. The van der Waals surface area contributed by atoms with E-state index in [1.54, 1.807) is 11.3 Å². The molecule has 0 saturated carbocycles. The SMILES string of the molecule is C=CCC/C1=C/N(c2ccc(-c3ccc4sc5ccc(-c6ccc(N(/C=C(/C)CC=C)CC=C)cc6)cc5c(=O)c4c3)cc2)C/C=C\C=C/C1. The summed E-state index contributed by atoms with van der Waals surface area (Å²) < 4.78 is 1.99. The summed E-state index contributed by atoms with van der Waals surface area (Å²) in [6.07, 6.45) is 22.7. The van der Waals surface area contributed by atoms with Crippen molar-refractivity contribution in [2.75, 3.05) is 22.9 Å². The standard InChI is InChI=1S/C46H44N2OS/c1-5-8-14-35-15-11-9-10-12-29-48(33-35)41-24-18-37(19-25-41)39-21-27-45-43(31-39)46(49)42-30-38(20-26-44(42)50-45)36-16-22-40(23-17-36)47(28-7-3)32-34(4)13-6-2/h5-7,9-12,16-27,30-33H,1-3,8,13-15,28-29H2,4H3/b11-9-,12-10-,34-32-,35-33-. The van der Waals surface area contributed by atoms with Gasteiger partial charge in [-0.3, -0.25) is 4.79 Å². The molecule has 4 heteroatoms. The van der Waals surface area contributed by atoms with Crippen LogP contribution in [0.4, 0.5) is 11.4 Å². The minimum absolute atomic E-state index is 0.0694. The fraction of sp³-hybridized carbons (Fsp3) is 0.152. The zero-order valence-electron chi connectivity index (χ0n) is 28.9. The van der Waals surface area contributed by atoms with Gasteiger partial charge in [-0.2, -0.15) is 0 Å². The van der Waals surface area contributed by atoms with Gasteiger partial charge >= 0.3 is 0 Å². The van der Waals surface area contributed by atoms with Crippen LogP contribution in [0.5, 0.6) is 0 Å². The van der Waals surface area contributed by atoms with E-state index in [2.05, 4.69) is 152 Å². The molecule has 1 aliphatic rings. The Morgan fingerprint density at radius 2 is 1.40 bits per heavy atom. The first-order valence-corrected chi connectivity index (χ1v) is 18.0. The first-order chi connectivity index (χ1) is 24.5. The molecule has 0 saturated heterocycles. The summed E-state index contributed by atoms with van der Waals surface area (Å²) in [5.74, 6) is 0. The van der Waals surface area contributed by atoms with Gasteiger partial charge in [-0.15, -0.1) is 31.1 Å². The van der Waals surface area contributed by atoms with E-state index in [0.717, 1.165) is 86.0 Å². The van der Waals surface area contributed by atoms with Gasteiger partial charge in [-0.1, -0.05) is 84.5 Å². The van der Waals surface area contributed by atoms with Gasteiger partial charge in [-0.25, -0.2) is 0 Å². The highest BCUT2D eigenvalue weighted by Crippen LogP contribution is 2.33. The van der Waals surface area contributed by atoms with Gasteiger partial charge in [0.1, 0.15) is 0 Å². The Balaban J connectivity index is 1.28. The van der Waals surface area contributed by atoms with E-state index in [0.29, 0.717) is 6.54 Å². The van der Waals surface area contributed by atoms with Crippen molar-refractivity contribution >= 4 is 42.9 Å².